The minimum atomic E-state index is 0.393. The van der Waals surface area contributed by atoms with Gasteiger partial charge in [-0.1, -0.05) is 27.4 Å². The van der Waals surface area contributed by atoms with Gasteiger partial charge in [-0.25, -0.2) is 0 Å². The number of rotatable bonds is 2. The van der Waals surface area contributed by atoms with Crippen molar-refractivity contribution in [3.63, 3.8) is 0 Å². The predicted molar refractivity (Wildman–Crippen MR) is 56.4 cm³/mol. The molecule has 0 aromatic rings. The molecule has 0 radical (unpaired) electrons. The van der Waals surface area contributed by atoms with E-state index in [2.05, 4.69) is 32.3 Å². The Hall–Kier alpha value is -0.460. The first kappa shape index (κ1) is 9.11. The van der Waals surface area contributed by atoms with Crippen LogP contribution in [-0.2, 0) is 0 Å². The van der Waals surface area contributed by atoms with Crippen molar-refractivity contribution in [1.82, 2.24) is 4.90 Å². The molecule has 2 aliphatic rings. The third-order valence-electron chi connectivity index (χ3n) is 3.16. The Labute approximate surface area is 81.8 Å². The largest absolute Gasteiger partial charge is 0.375 e. The van der Waals surface area contributed by atoms with Gasteiger partial charge in [-0.15, -0.1) is 0 Å². The molecule has 1 nitrogen and oxygen atoms in total. The van der Waals surface area contributed by atoms with E-state index in [1.807, 2.05) is 0 Å². The van der Waals surface area contributed by atoms with Gasteiger partial charge in [-0.3, -0.25) is 0 Å². The Bertz CT molecular complexity index is 214. The molecular weight excluding hydrogens is 158 g/mol. The summed E-state index contributed by atoms with van der Waals surface area (Å²) in [6, 6.07) is 0. The number of fused-ring (bicyclic) bond motifs is 1. The first-order valence-electron chi connectivity index (χ1n) is 5.38. The highest BCUT2D eigenvalue weighted by Gasteiger charge is 2.45. The summed E-state index contributed by atoms with van der Waals surface area (Å²) in [7, 11) is 0. The van der Waals surface area contributed by atoms with E-state index < -0.39 is 0 Å². The zero-order valence-corrected chi connectivity index (χ0v) is 9.14. The van der Waals surface area contributed by atoms with Gasteiger partial charge in [0.1, 0.15) is 0 Å². The molecule has 0 aromatic carbocycles. The van der Waals surface area contributed by atoms with Gasteiger partial charge < -0.3 is 4.90 Å². The topological polar surface area (TPSA) is 3.24 Å². The first-order valence-corrected chi connectivity index (χ1v) is 5.38. The second kappa shape index (κ2) is 2.76. The van der Waals surface area contributed by atoms with Crippen LogP contribution < -0.4 is 0 Å². The molecule has 0 spiro atoms. The number of nitrogens with zero attached hydrogens (tertiary/aromatic N) is 1. The number of likely N-dealkylation sites (tertiary alicyclic amines) is 1. The van der Waals surface area contributed by atoms with Crippen molar-refractivity contribution in [2.45, 2.75) is 33.6 Å². The Morgan fingerprint density at radius 1 is 1.31 bits per heavy atom. The predicted octanol–water partition coefficient (Wildman–Crippen LogP) is 2.89. The van der Waals surface area contributed by atoms with Crippen LogP contribution in [0.1, 0.15) is 33.6 Å². The van der Waals surface area contributed by atoms with E-state index in [0.29, 0.717) is 5.41 Å². The van der Waals surface area contributed by atoms with E-state index >= 15 is 0 Å². The van der Waals surface area contributed by atoms with Crippen LogP contribution >= 0.6 is 0 Å². The van der Waals surface area contributed by atoms with Crippen molar-refractivity contribution in [3.05, 3.63) is 12.3 Å². The van der Waals surface area contributed by atoms with E-state index in [1.165, 1.54) is 25.2 Å². The van der Waals surface area contributed by atoms with E-state index in [1.54, 1.807) is 0 Å². The van der Waals surface area contributed by atoms with Crippen LogP contribution in [0.3, 0.4) is 0 Å². The molecule has 2 unspecified atom stereocenters. The molecule has 1 heteroatoms. The molecule has 0 aromatic heterocycles. The van der Waals surface area contributed by atoms with Crippen LogP contribution in [0.25, 0.3) is 0 Å². The number of hydrogen-bond donors (Lipinski definition) is 0. The lowest BCUT2D eigenvalue weighted by atomic mass is 9.90. The molecule has 1 saturated heterocycles. The molecule has 2 fully saturated rings. The lowest BCUT2D eigenvalue weighted by molar-refractivity contribution is 0.310. The normalized spacial score (nSPS) is 31.8. The summed E-state index contributed by atoms with van der Waals surface area (Å²) in [6.07, 6.45) is 2.63. The van der Waals surface area contributed by atoms with E-state index in [4.69, 9.17) is 0 Å². The summed E-state index contributed by atoms with van der Waals surface area (Å²) in [5.41, 5.74) is 1.75. The molecule has 2 rings (SSSR count). The summed E-state index contributed by atoms with van der Waals surface area (Å²) in [6.45, 7) is 13.6. The average molecular weight is 179 g/mol. The van der Waals surface area contributed by atoms with Crippen LogP contribution in [0, 0.1) is 17.3 Å². The lowest BCUT2D eigenvalue weighted by Crippen LogP contribution is -2.24. The lowest BCUT2D eigenvalue weighted by Gasteiger charge is -2.28. The Balaban J connectivity index is 1.84. The number of allylic oxidation sites excluding steroid dienone is 1. The molecule has 1 aliphatic carbocycles. The summed E-state index contributed by atoms with van der Waals surface area (Å²) in [5, 5.41) is 0. The molecule has 2 atom stereocenters. The Morgan fingerprint density at radius 2 is 1.85 bits per heavy atom. The summed E-state index contributed by atoms with van der Waals surface area (Å²) >= 11 is 0. The van der Waals surface area contributed by atoms with Crippen molar-refractivity contribution in [3.8, 4) is 0 Å². The van der Waals surface area contributed by atoms with Crippen molar-refractivity contribution >= 4 is 0 Å². The fourth-order valence-electron chi connectivity index (χ4n) is 2.38. The van der Waals surface area contributed by atoms with Gasteiger partial charge in [-0.05, 0) is 30.1 Å². The zero-order chi connectivity index (χ0) is 9.64. The van der Waals surface area contributed by atoms with Gasteiger partial charge in [0.05, 0.1) is 0 Å². The molecule has 1 heterocycles. The number of hydrogen-bond acceptors (Lipinski definition) is 1. The second-order valence-corrected chi connectivity index (χ2v) is 5.96. The molecule has 0 amide bonds. The zero-order valence-electron chi connectivity index (χ0n) is 9.14. The third-order valence-corrected chi connectivity index (χ3v) is 3.16. The molecule has 13 heavy (non-hydrogen) atoms. The number of piperidine rings is 1. The van der Waals surface area contributed by atoms with Gasteiger partial charge in [0.15, 0.2) is 0 Å². The Morgan fingerprint density at radius 3 is 2.31 bits per heavy atom. The maximum absolute atomic E-state index is 4.20. The van der Waals surface area contributed by atoms with Gasteiger partial charge >= 0.3 is 0 Å². The van der Waals surface area contributed by atoms with Crippen LogP contribution in [-0.4, -0.2) is 18.0 Å². The smallest absolute Gasteiger partial charge is 0.0206 e. The maximum Gasteiger partial charge on any atom is 0.0206 e. The quantitative estimate of drug-likeness (QED) is 0.630. The maximum atomic E-state index is 4.20. The average Bonchev–Trinajstić information content (AvgIpc) is 2.55. The monoisotopic (exact) mass is 179 g/mol. The van der Waals surface area contributed by atoms with E-state index in [9.17, 15) is 0 Å². The minimum Gasteiger partial charge on any atom is -0.375 e. The van der Waals surface area contributed by atoms with E-state index in [-0.39, 0.29) is 0 Å². The molecule has 1 aliphatic heterocycles. The third kappa shape index (κ3) is 2.07. The second-order valence-electron chi connectivity index (χ2n) is 5.96. The van der Waals surface area contributed by atoms with E-state index in [0.717, 1.165) is 18.3 Å². The summed E-state index contributed by atoms with van der Waals surface area (Å²) in [4.78, 5) is 2.50. The van der Waals surface area contributed by atoms with Gasteiger partial charge in [-0.2, -0.15) is 0 Å². The summed E-state index contributed by atoms with van der Waals surface area (Å²) < 4.78 is 0. The van der Waals surface area contributed by atoms with Crippen LogP contribution in [0.5, 0.6) is 0 Å². The van der Waals surface area contributed by atoms with Gasteiger partial charge in [0.25, 0.3) is 0 Å². The van der Waals surface area contributed by atoms with Crippen molar-refractivity contribution in [2.24, 2.45) is 17.3 Å². The molecule has 0 N–H and O–H groups in total. The highest BCUT2D eigenvalue weighted by Crippen LogP contribution is 2.46. The van der Waals surface area contributed by atoms with Crippen molar-refractivity contribution < 1.29 is 0 Å². The van der Waals surface area contributed by atoms with Crippen LogP contribution in [0.4, 0.5) is 0 Å². The molecule has 1 saturated carbocycles. The summed E-state index contributed by atoms with van der Waals surface area (Å²) in [5.74, 6) is 2.05. The van der Waals surface area contributed by atoms with Gasteiger partial charge in [0.2, 0.25) is 0 Å². The SMILES string of the molecule is C=C(CC(C)(C)C)N1CC2CC2C1. The minimum absolute atomic E-state index is 0.393. The first-order chi connectivity index (χ1) is 5.96. The fraction of sp³-hybridized carbons (Fsp3) is 0.833. The van der Waals surface area contributed by atoms with Crippen LogP contribution in [0.15, 0.2) is 12.3 Å². The highest BCUT2D eigenvalue weighted by molar-refractivity contribution is 5.07. The molecule has 0 bridgehead atoms. The highest BCUT2D eigenvalue weighted by atomic mass is 15.2. The van der Waals surface area contributed by atoms with Crippen molar-refractivity contribution in [2.75, 3.05) is 13.1 Å². The fourth-order valence-corrected chi connectivity index (χ4v) is 2.38. The standard InChI is InChI=1S/C12H21N/c1-9(6-12(2,3)4)13-7-10-5-11(10)8-13/h10-11H,1,5-8H2,2-4H3. The van der Waals surface area contributed by atoms with Crippen molar-refractivity contribution in [1.29, 1.82) is 0 Å². The Kier molecular flexibility index (Phi) is 1.94. The molecule has 74 valence electrons. The molecular formula is C12H21N. The van der Waals surface area contributed by atoms with Gasteiger partial charge in [0, 0.05) is 18.8 Å². The van der Waals surface area contributed by atoms with Crippen LogP contribution in [0.2, 0.25) is 0 Å².